The van der Waals surface area contributed by atoms with Crippen molar-refractivity contribution in [3.8, 4) is 5.75 Å². The molecule has 1 aliphatic heterocycles. The molecule has 0 unspecified atom stereocenters. The van der Waals surface area contributed by atoms with Gasteiger partial charge in [-0.25, -0.2) is 4.98 Å². The number of nitrogens with zero attached hydrogens (tertiary/aromatic N) is 1. The fourth-order valence-electron chi connectivity index (χ4n) is 3.37. The van der Waals surface area contributed by atoms with Crippen molar-refractivity contribution >= 4 is 17.0 Å². The summed E-state index contributed by atoms with van der Waals surface area (Å²) in [5, 5.41) is 5.62. The number of rotatable bonds is 5. The molecule has 1 saturated carbocycles. The van der Waals surface area contributed by atoms with Gasteiger partial charge in [-0.05, 0) is 25.0 Å². The van der Waals surface area contributed by atoms with Crippen LogP contribution in [0.4, 0.5) is 5.69 Å². The fourth-order valence-corrected chi connectivity index (χ4v) is 3.91. The topological polar surface area (TPSA) is 52.6 Å². The van der Waals surface area contributed by atoms with Crippen molar-refractivity contribution in [3.05, 3.63) is 40.8 Å². The molecule has 1 spiro atoms. The summed E-state index contributed by atoms with van der Waals surface area (Å²) in [6, 6.07) is 8.60. The monoisotopic (exact) mass is 346 g/mol. The van der Waals surface area contributed by atoms with E-state index in [1.54, 1.807) is 11.3 Å². The minimum atomic E-state index is -0.295. The maximum atomic E-state index is 5.82. The lowest BCUT2D eigenvalue weighted by molar-refractivity contribution is -0.177. The van der Waals surface area contributed by atoms with Gasteiger partial charge in [0.2, 0.25) is 0 Å². The first-order valence-electron chi connectivity index (χ1n) is 8.46. The summed E-state index contributed by atoms with van der Waals surface area (Å²) in [5.74, 6) is 0.569. The van der Waals surface area contributed by atoms with Crippen LogP contribution in [0.1, 0.15) is 31.4 Å². The van der Waals surface area contributed by atoms with E-state index in [-0.39, 0.29) is 5.79 Å². The van der Waals surface area contributed by atoms with Gasteiger partial charge < -0.3 is 19.5 Å². The Balaban J connectivity index is 1.31. The van der Waals surface area contributed by atoms with Gasteiger partial charge in [-0.3, -0.25) is 0 Å². The van der Waals surface area contributed by atoms with Gasteiger partial charge in [-0.2, -0.15) is 0 Å². The Bertz CT molecular complexity index is 646. The van der Waals surface area contributed by atoms with Crippen molar-refractivity contribution in [1.82, 2.24) is 4.98 Å². The summed E-state index contributed by atoms with van der Waals surface area (Å²) in [6.45, 7) is 1.97. The van der Waals surface area contributed by atoms with Crippen molar-refractivity contribution in [2.75, 3.05) is 18.5 Å². The second-order valence-electron chi connectivity index (χ2n) is 6.32. The van der Waals surface area contributed by atoms with Crippen LogP contribution in [0.2, 0.25) is 0 Å². The molecular weight excluding hydrogens is 324 g/mol. The van der Waals surface area contributed by atoms with Gasteiger partial charge in [-0.1, -0.05) is 6.07 Å². The molecule has 128 valence electrons. The van der Waals surface area contributed by atoms with Crippen molar-refractivity contribution in [3.63, 3.8) is 0 Å². The van der Waals surface area contributed by atoms with E-state index in [0.717, 1.165) is 56.0 Å². The maximum Gasteiger partial charge on any atom is 0.168 e. The van der Waals surface area contributed by atoms with Crippen LogP contribution >= 0.6 is 11.3 Å². The Kier molecular flexibility index (Phi) is 4.69. The van der Waals surface area contributed by atoms with Crippen LogP contribution < -0.4 is 10.1 Å². The average Bonchev–Trinajstić information content (AvgIpc) is 3.28. The third-order valence-corrected chi connectivity index (χ3v) is 5.27. The number of benzene rings is 1. The van der Waals surface area contributed by atoms with E-state index in [4.69, 9.17) is 14.2 Å². The number of hydrogen-bond acceptors (Lipinski definition) is 6. The van der Waals surface area contributed by atoms with E-state index in [1.807, 2.05) is 23.0 Å². The second kappa shape index (κ2) is 7.09. The molecule has 4 rings (SSSR count). The van der Waals surface area contributed by atoms with Gasteiger partial charge in [0, 0.05) is 36.0 Å². The Labute approximate surface area is 146 Å². The molecule has 24 heavy (non-hydrogen) atoms. The van der Waals surface area contributed by atoms with Crippen molar-refractivity contribution in [2.45, 2.75) is 44.1 Å². The second-order valence-corrected chi connectivity index (χ2v) is 7.04. The summed E-state index contributed by atoms with van der Waals surface area (Å²) in [7, 11) is 0. The van der Waals surface area contributed by atoms with Gasteiger partial charge in [0.05, 0.1) is 24.4 Å². The number of anilines is 1. The molecule has 1 aromatic carbocycles. The zero-order chi connectivity index (χ0) is 16.2. The van der Waals surface area contributed by atoms with Crippen molar-refractivity contribution in [1.29, 1.82) is 0 Å². The van der Waals surface area contributed by atoms with Crippen molar-refractivity contribution in [2.24, 2.45) is 0 Å². The van der Waals surface area contributed by atoms with Gasteiger partial charge in [-0.15, -0.1) is 11.3 Å². The zero-order valence-corrected chi connectivity index (χ0v) is 14.4. The Hall–Kier alpha value is -1.63. The van der Waals surface area contributed by atoms with Crippen LogP contribution in [-0.2, 0) is 16.1 Å². The van der Waals surface area contributed by atoms with Crippen LogP contribution in [0, 0.1) is 0 Å². The minimum absolute atomic E-state index is 0.295. The van der Waals surface area contributed by atoms with Gasteiger partial charge >= 0.3 is 0 Å². The molecule has 1 aromatic heterocycles. The number of thiazole rings is 1. The fraction of sp³-hybridized carbons (Fsp3) is 0.500. The summed E-state index contributed by atoms with van der Waals surface area (Å²) in [5.41, 5.74) is 3.89. The molecule has 0 atom stereocenters. The highest BCUT2D eigenvalue weighted by molar-refractivity contribution is 7.07. The molecule has 0 radical (unpaired) electrons. The first-order chi connectivity index (χ1) is 11.8. The van der Waals surface area contributed by atoms with E-state index < -0.39 is 0 Å². The van der Waals surface area contributed by atoms with E-state index in [1.165, 1.54) is 0 Å². The predicted octanol–water partition coefficient (Wildman–Crippen LogP) is 3.82. The number of hydrogen-bond donors (Lipinski definition) is 1. The summed E-state index contributed by atoms with van der Waals surface area (Å²) in [4.78, 5) is 4.24. The molecule has 2 heterocycles. The highest BCUT2D eigenvalue weighted by atomic mass is 32.1. The Morgan fingerprint density at radius 1 is 1.25 bits per heavy atom. The minimum Gasteiger partial charge on any atom is -0.487 e. The highest BCUT2D eigenvalue weighted by Gasteiger charge is 2.40. The van der Waals surface area contributed by atoms with Crippen LogP contribution in [-0.4, -0.2) is 30.0 Å². The van der Waals surface area contributed by atoms with Gasteiger partial charge in [0.25, 0.3) is 0 Å². The molecule has 2 aromatic rings. The SMILES string of the molecule is c1cc(NC2CCC3(CC2)OCCO3)cc(OCc2cscn2)c1. The normalized spacial score (nSPS) is 20.3. The molecule has 1 aliphatic carbocycles. The number of aromatic nitrogens is 1. The third kappa shape index (κ3) is 3.71. The lowest BCUT2D eigenvalue weighted by Gasteiger charge is -2.36. The standard InChI is InChI=1S/C18H22N2O3S/c1-2-15(10-17(3-1)21-11-16-12-24-13-19-16)20-14-4-6-18(7-5-14)22-8-9-23-18/h1-3,10,12-14,20H,4-9,11H2. The molecule has 2 aliphatic rings. The highest BCUT2D eigenvalue weighted by Crippen LogP contribution is 2.36. The molecule has 6 heteroatoms. The lowest BCUT2D eigenvalue weighted by Crippen LogP contribution is -2.39. The first-order valence-corrected chi connectivity index (χ1v) is 9.40. The van der Waals surface area contributed by atoms with Crippen LogP contribution in [0.15, 0.2) is 35.2 Å². The van der Waals surface area contributed by atoms with E-state index >= 15 is 0 Å². The lowest BCUT2D eigenvalue weighted by atomic mass is 9.90. The summed E-state index contributed by atoms with van der Waals surface area (Å²) >= 11 is 1.59. The third-order valence-electron chi connectivity index (χ3n) is 4.64. The van der Waals surface area contributed by atoms with E-state index in [0.29, 0.717) is 12.6 Å². The van der Waals surface area contributed by atoms with Crippen LogP contribution in [0.5, 0.6) is 5.75 Å². The summed E-state index contributed by atoms with van der Waals surface area (Å²) < 4.78 is 17.4. The van der Waals surface area contributed by atoms with Crippen molar-refractivity contribution < 1.29 is 14.2 Å². The van der Waals surface area contributed by atoms with Crippen LogP contribution in [0.3, 0.4) is 0 Å². The van der Waals surface area contributed by atoms with E-state index in [9.17, 15) is 0 Å². The predicted molar refractivity (Wildman–Crippen MR) is 93.4 cm³/mol. The molecule has 1 saturated heterocycles. The molecule has 2 fully saturated rings. The molecule has 1 N–H and O–H groups in total. The smallest absolute Gasteiger partial charge is 0.168 e. The number of ether oxygens (including phenoxy) is 3. The Morgan fingerprint density at radius 3 is 2.83 bits per heavy atom. The van der Waals surface area contributed by atoms with Crippen LogP contribution in [0.25, 0.3) is 0 Å². The molecule has 5 nitrogen and oxygen atoms in total. The zero-order valence-electron chi connectivity index (χ0n) is 13.6. The first kappa shape index (κ1) is 15.9. The largest absolute Gasteiger partial charge is 0.487 e. The average molecular weight is 346 g/mol. The van der Waals surface area contributed by atoms with Gasteiger partial charge in [0.15, 0.2) is 5.79 Å². The van der Waals surface area contributed by atoms with Gasteiger partial charge in [0.1, 0.15) is 12.4 Å². The molecule has 0 amide bonds. The quantitative estimate of drug-likeness (QED) is 0.892. The molecular formula is C18H22N2O3S. The Morgan fingerprint density at radius 2 is 2.08 bits per heavy atom. The number of nitrogens with one attached hydrogen (secondary N) is 1. The summed E-state index contributed by atoms with van der Waals surface area (Å²) in [6.07, 6.45) is 4.04. The molecule has 0 bridgehead atoms. The van der Waals surface area contributed by atoms with E-state index in [2.05, 4.69) is 22.4 Å². The maximum absolute atomic E-state index is 5.82.